The van der Waals surface area contributed by atoms with Crippen LogP contribution in [0.4, 0.5) is 0 Å². The molecule has 1 rings (SSSR count). The van der Waals surface area contributed by atoms with Gasteiger partial charge in [-0.2, -0.15) is 0 Å². The molecule has 2 N–H and O–H groups in total. The van der Waals surface area contributed by atoms with Crippen LogP contribution in [0, 0.1) is 11.3 Å². The zero-order valence-corrected chi connectivity index (χ0v) is 11.3. The highest BCUT2D eigenvalue weighted by atomic mass is 16.5. The molecule has 0 bridgehead atoms. The molecule has 4 nitrogen and oxygen atoms in total. The maximum absolute atomic E-state index is 11.7. The van der Waals surface area contributed by atoms with Gasteiger partial charge < -0.3 is 15.4 Å². The summed E-state index contributed by atoms with van der Waals surface area (Å²) in [5, 5.41) is 6.41. The number of carbonyl (C=O) groups excluding carboxylic acids is 1. The van der Waals surface area contributed by atoms with Gasteiger partial charge in [-0.1, -0.05) is 13.8 Å². The lowest BCUT2D eigenvalue weighted by molar-refractivity contribution is -0.122. The van der Waals surface area contributed by atoms with Crippen LogP contribution in [0.2, 0.25) is 0 Å². The van der Waals surface area contributed by atoms with E-state index in [1.807, 2.05) is 0 Å². The van der Waals surface area contributed by atoms with E-state index in [1.54, 1.807) is 7.11 Å². The fourth-order valence-electron chi connectivity index (χ4n) is 2.36. The number of methoxy groups -OCH3 is 1. The van der Waals surface area contributed by atoms with Crippen molar-refractivity contribution >= 4 is 5.91 Å². The first-order valence-electron chi connectivity index (χ1n) is 6.54. The molecule has 0 aromatic heterocycles. The van der Waals surface area contributed by atoms with Crippen molar-refractivity contribution in [2.24, 2.45) is 11.3 Å². The summed E-state index contributed by atoms with van der Waals surface area (Å²) in [6, 6.07) is 0. The summed E-state index contributed by atoms with van der Waals surface area (Å²) >= 11 is 0. The lowest BCUT2D eigenvalue weighted by atomic mass is 9.79. The molecule has 0 saturated carbocycles. The molecule has 4 heteroatoms. The van der Waals surface area contributed by atoms with Gasteiger partial charge >= 0.3 is 0 Å². The Morgan fingerprint density at radius 1 is 1.41 bits per heavy atom. The number of nitrogens with one attached hydrogen (secondary N) is 2. The minimum absolute atomic E-state index is 0.132. The molecule has 17 heavy (non-hydrogen) atoms. The molecule has 1 heterocycles. The van der Waals surface area contributed by atoms with Gasteiger partial charge in [0.15, 0.2) is 0 Å². The molecule has 1 fully saturated rings. The molecule has 1 aliphatic rings. The molecule has 0 aliphatic carbocycles. The summed E-state index contributed by atoms with van der Waals surface area (Å²) in [7, 11) is 1.74. The predicted molar refractivity (Wildman–Crippen MR) is 68.9 cm³/mol. The Morgan fingerprint density at radius 2 is 2.06 bits per heavy atom. The normalized spacial score (nSPS) is 19.3. The maximum Gasteiger partial charge on any atom is 0.220 e. The van der Waals surface area contributed by atoms with Crippen molar-refractivity contribution in [1.82, 2.24) is 10.6 Å². The minimum Gasteiger partial charge on any atom is -0.384 e. The summed E-state index contributed by atoms with van der Waals surface area (Å²) in [5.74, 6) is 0.579. The monoisotopic (exact) mass is 242 g/mol. The average Bonchev–Trinajstić information content (AvgIpc) is 2.27. The van der Waals surface area contributed by atoms with Crippen LogP contribution in [0.15, 0.2) is 0 Å². The van der Waals surface area contributed by atoms with E-state index in [1.165, 1.54) is 0 Å². The standard InChI is InChI=1S/C13H26N2O2/c1-11(2)8-12(16)15-9-13(10-17-3)4-6-14-7-5-13/h11,14H,4-10H2,1-3H3,(H,15,16). The Bertz CT molecular complexity index is 230. The van der Waals surface area contributed by atoms with E-state index < -0.39 is 0 Å². The van der Waals surface area contributed by atoms with E-state index >= 15 is 0 Å². The van der Waals surface area contributed by atoms with Crippen molar-refractivity contribution < 1.29 is 9.53 Å². The van der Waals surface area contributed by atoms with Crippen molar-refractivity contribution in [3.63, 3.8) is 0 Å². The van der Waals surface area contributed by atoms with Gasteiger partial charge in [0, 0.05) is 25.5 Å². The maximum atomic E-state index is 11.7. The Morgan fingerprint density at radius 3 is 2.59 bits per heavy atom. The fourth-order valence-corrected chi connectivity index (χ4v) is 2.36. The minimum atomic E-state index is 0.132. The summed E-state index contributed by atoms with van der Waals surface area (Å²) in [4.78, 5) is 11.7. The first-order valence-corrected chi connectivity index (χ1v) is 6.54. The van der Waals surface area contributed by atoms with E-state index in [4.69, 9.17) is 4.74 Å². The third-order valence-corrected chi connectivity index (χ3v) is 3.37. The summed E-state index contributed by atoms with van der Waals surface area (Å²) in [5.41, 5.74) is 0.132. The van der Waals surface area contributed by atoms with Crippen molar-refractivity contribution in [2.45, 2.75) is 33.1 Å². The van der Waals surface area contributed by atoms with E-state index in [9.17, 15) is 4.79 Å². The molecule has 1 saturated heterocycles. The lowest BCUT2D eigenvalue weighted by Crippen LogP contribution is -2.47. The molecule has 0 spiro atoms. The number of hydrogen-bond acceptors (Lipinski definition) is 3. The van der Waals surface area contributed by atoms with Gasteiger partial charge in [-0.3, -0.25) is 4.79 Å². The highest BCUT2D eigenvalue weighted by Gasteiger charge is 2.32. The predicted octanol–water partition coefficient (Wildman–Crippen LogP) is 1.16. The number of ether oxygens (including phenoxy) is 1. The van der Waals surface area contributed by atoms with E-state index in [0.717, 1.165) is 39.1 Å². The lowest BCUT2D eigenvalue weighted by Gasteiger charge is -2.37. The van der Waals surface area contributed by atoms with Crippen molar-refractivity contribution in [3.8, 4) is 0 Å². The number of hydrogen-bond donors (Lipinski definition) is 2. The van der Waals surface area contributed by atoms with Gasteiger partial charge in [0.1, 0.15) is 0 Å². The highest BCUT2D eigenvalue weighted by molar-refractivity contribution is 5.76. The smallest absolute Gasteiger partial charge is 0.220 e. The summed E-state index contributed by atoms with van der Waals surface area (Å²) in [6.45, 7) is 7.64. The van der Waals surface area contributed by atoms with Crippen LogP contribution in [-0.4, -0.2) is 39.3 Å². The number of rotatable bonds is 6. The van der Waals surface area contributed by atoms with Crippen molar-refractivity contribution in [2.75, 3.05) is 33.4 Å². The fraction of sp³-hybridized carbons (Fsp3) is 0.923. The average molecular weight is 242 g/mol. The van der Waals surface area contributed by atoms with E-state index in [2.05, 4.69) is 24.5 Å². The Balaban J connectivity index is 2.41. The topological polar surface area (TPSA) is 50.4 Å². The molecule has 0 radical (unpaired) electrons. The molecule has 1 aliphatic heterocycles. The van der Waals surface area contributed by atoms with Gasteiger partial charge in [-0.25, -0.2) is 0 Å². The summed E-state index contributed by atoms with van der Waals surface area (Å²) < 4.78 is 5.32. The third-order valence-electron chi connectivity index (χ3n) is 3.37. The number of carbonyl (C=O) groups is 1. The second-order valence-corrected chi connectivity index (χ2v) is 5.56. The first-order chi connectivity index (χ1) is 8.08. The van der Waals surface area contributed by atoms with Crippen molar-refractivity contribution in [3.05, 3.63) is 0 Å². The van der Waals surface area contributed by atoms with E-state index in [0.29, 0.717) is 12.3 Å². The molecule has 100 valence electrons. The van der Waals surface area contributed by atoms with Crippen LogP contribution < -0.4 is 10.6 Å². The van der Waals surface area contributed by atoms with Crippen molar-refractivity contribution in [1.29, 1.82) is 0 Å². The molecular weight excluding hydrogens is 216 g/mol. The molecule has 0 atom stereocenters. The number of amides is 1. The molecular formula is C13H26N2O2. The number of piperidine rings is 1. The highest BCUT2D eigenvalue weighted by Crippen LogP contribution is 2.28. The molecule has 0 unspecified atom stereocenters. The molecule has 1 amide bonds. The Kier molecular flexibility index (Phi) is 5.92. The van der Waals surface area contributed by atoms with Crippen LogP contribution in [0.1, 0.15) is 33.1 Å². The largest absolute Gasteiger partial charge is 0.384 e. The van der Waals surface area contributed by atoms with Gasteiger partial charge in [0.05, 0.1) is 6.61 Å². The molecule has 0 aromatic rings. The van der Waals surface area contributed by atoms with Crippen LogP contribution in [0.3, 0.4) is 0 Å². The first kappa shape index (κ1) is 14.5. The zero-order valence-electron chi connectivity index (χ0n) is 11.3. The van der Waals surface area contributed by atoms with Crippen LogP contribution >= 0.6 is 0 Å². The Labute approximate surface area is 104 Å². The second-order valence-electron chi connectivity index (χ2n) is 5.56. The SMILES string of the molecule is COCC1(CNC(=O)CC(C)C)CCNCC1. The molecule has 0 aromatic carbocycles. The van der Waals surface area contributed by atoms with Crippen LogP contribution in [-0.2, 0) is 9.53 Å². The van der Waals surface area contributed by atoms with Gasteiger partial charge in [-0.15, -0.1) is 0 Å². The second kappa shape index (κ2) is 6.97. The Hall–Kier alpha value is -0.610. The van der Waals surface area contributed by atoms with E-state index in [-0.39, 0.29) is 11.3 Å². The van der Waals surface area contributed by atoms with Gasteiger partial charge in [-0.05, 0) is 31.8 Å². The van der Waals surface area contributed by atoms with Gasteiger partial charge in [0.2, 0.25) is 5.91 Å². The summed E-state index contributed by atoms with van der Waals surface area (Å²) in [6.07, 6.45) is 2.76. The third kappa shape index (κ3) is 5.04. The van der Waals surface area contributed by atoms with Crippen LogP contribution in [0.5, 0.6) is 0 Å². The quantitative estimate of drug-likeness (QED) is 0.735. The zero-order chi connectivity index (χ0) is 12.7. The van der Waals surface area contributed by atoms with Crippen LogP contribution in [0.25, 0.3) is 0 Å². The van der Waals surface area contributed by atoms with Gasteiger partial charge in [0.25, 0.3) is 0 Å².